The quantitative estimate of drug-likeness (QED) is 0.669. The van der Waals surface area contributed by atoms with Gasteiger partial charge in [-0.15, -0.1) is 0 Å². The molecule has 3 N–H and O–H groups in total. The summed E-state index contributed by atoms with van der Waals surface area (Å²) in [6, 6.07) is 7.37. The van der Waals surface area contributed by atoms with Gasteiger partial charge in [0.2, 0.25) is 0 Å². The zero-order valence-corrected chi connectivity index (χ0v) is 10.4. The van der Waals surface area contributed by atoms with Crippen molar-refractivity contribution in [3.05, 3.63) is 52.1 Å². The third kappa shape index (κ3) is 2.16. The van der Waals surface area contributed by atoms with E-state index >= 15 is 0 Å². The molecule has 0 aliphatic heterocycles. The molecule has 1 unspecified atom stereocenters. The first-order valence-electron chi connectivity index (χ1n) is 4.85. The van der Waals surface area contributed by atoms with Gasteiger partial charge in [-0.05, 0) is 41.1 Å². The van der Waals surface area contributed by atoms with Crippen LogP contribution in [-0.2, 0) is 0 Å². The highest BCUT2D eigenvalue weighted by atomic mass is 79.9. The summed E-state index contributed by atoms with van der Waals surface area (Å²) in [5, 5.41) is 0. The number of halogens is 1. The molecular formula is C11H12BrN3O. The van der Waals surface area contributed by atoms with Crippen molar-refractivity contribution in [2.45, 2.75) is 13.0 Å². The van der Waals surface area contributed by atoms with Crippen molar-refractivity contribution in [3.8, 4) is 0 Å². The monoisotopic (exact) mass is 281 g/mol. The van der Waals surface area contributed by atoms with E-state index in [1.54, 1.807) is 6.26 Å². The molecule has 2 aromatic heterocycles. The summed E-state index contributed by atoms with van der Waals surface area (Å²) in [7, 11) is 0. The summed E-state index contributed by atoms with van der Waals surface area (Å²) < 4.78 is 6.26. The number of hydrogen-bond donors (Lipinski definition) is 2. The van der Waals surface area contributed by atoms with Crippen LogP contribution in [0.5, 0.6) is 0 Å². The molecule has 2 heterocycles. The van der Waals surface area contributed by atoms with Gasteiger partial charge in [0, 0.05) is 5.69 Å². The molecule has 0 bridgehead atoms. The number of nitrogens with zero attached hydrogens (tertiary/aromatic N) is 1. The molecule has 0 amide bonds. The molecule has 84 valence electrons. The van der Waals surface area contributed by atoms with Crippen molar-refractivity contribution < 1.29 is 4.42 Å². The van der Waals surface area contributed by atoms with Gasteiger partial charge in [-0.1, -0.05) is 6.07 Å². The third-order valence-corrected chi connectivity index (χ3v) is 2.93. The second kappa shape index (κ2) is 4.78. The minimum atomic E-state index is -0.246. The lowest BCUT2D eigenvalue weighted by Gasteiger charge is -2.13. The van der Waals surface area contributed by atoms with E-state index in [0.29, 0.717) is 0 Å². The molecule has 0 aliphatic rings. The Morgan fingerprint density at radius 3 is 2.81 bits per heavy atom. The smallest absolute Gasteiger partial charge is 0.142 e. The fourth-order valence-corrected chi connectivity index (χ4v) is 1.96. The molecule has 2 aromatic rings. The molecule has 4 nitrogen and oxygen atoms in total. The minimum absolute atomic E-state index is 0.246. The molecule has 0 saturated heterocycles. The lowest BCUT2D eigenvalue weighted by Crippen LogP contribution is -2.29. The highest BCUT2D eigenvalue weighted by Gasteiger charge is 2.19. The predicted molar refractivity (Wildman–Crippen MR) is 64.5 cm³/mol. The Morgan fingerprint density at radius 2 is 2.25 bits per heavy atom. The van der Waals surface area contributed by atoms with E-state index in [9.17, 15) is 0 Å². The molecule has 2 rings (SSSR count). The predicted octanol–water partition coefficient (Wildman–Crippen LogP) is 2.30. The Hall–Kier alpha value is -1.17. The first-order valence-corrected chi connectivity index (χ1v) is 5.64. The summed E-state index contributed by atoms with van der Waals surface area (Å²) in [6.45, 7) is 1.94. The summed E-state index contributed by atoms with van der Waals surface area (Å²) in [5.41, 5.74) is 4.48. The standard InChI is InChI=1S/C11H12BrN3O/c1-7-3-2-4-9(14-7)10(15-13)11-8(12)5-6-16-11/h2-6,10,15H,13H2,1H3. The number of furan rings is 1. The summed E-state index contributed by atoms with van der Waals surface area (Å²) in [4.78, 5) is 4.42. The van der Waals surface area contributed by atoms with Crippen LogP contribution in [0, 0.1) is 6.92 Å². The second-order valence-electron chi connectivity index (χ2n) is 3.44. The van der Waals surface area contributed by atoms with E-state index in [0.717, 1.165) is 21.6 Å². The van der Waals surface area contributed by atoms with Crippen LogP contribution in [0.3, 0.4) is 0 Å². The lowest BCUT2D eigenvalue weighted by atomic mass is 10.1. The topological polar surface area (TPSA) is 64.1 Å². The van der Waals surface area contributed by atoms with Gasteiger partial charge in [-0.3, -0.25) is 10.8 Å². The van der Waals surface area contributed by atoms with Crippen molar-refractivity contribution in [2.75, 3.05) is 0 Å². The van der Waals surface area contributed by atoms with Crippen molar-refractivity contribution in [1.29, 1.82) is 0 Å². The Balaban J connectivity index is 2.40. The van der Waals surface area contributed by atoms with Crippen molar-refractivity contribution in [1.82, 2.24) is 10.4 Å². The average molecular weight is 282 g/mol. The summed E-state index contributed by atoms with van der Waals surface area (Å²) in [6.07, 6.45) is 1.61. The average Bonchev–Trinajstić information content (AvgIpc) is 2.67. The van der Waals surface area contributed by atoms with Gasteiger partial charge in [0.1, 0.15) is 11.8 Å². The maximum atomic E-state index is 5.54. The maximum absolute atomic E-state index is 5.54. The molecule has 5 heteroatoms. The highest BCUT2D eigenvalue weighted by molar-refractivity contribution is 9.10. The zero-order valence-electron chi connectivity index (χ0n) is 8.77. The van der Waals surface area contributed by atoms with Crippen LogP contribution >= 0.6 is 15.9 Å². The minimum Gasteiger partial charge on any atom is -0.466 e. The molecule has 0 aliphatic carbocycles. The van der Waals surface area contributed by atoms with Crippen LogP contribution in [0.25, 0.3) is 0 Å². The number of aryl methyl sites for hydroxylation is 1. The van der Waals surface area contributed by atoms with E-state index < -0.39 is 0 Å². The number of aromatic nitrogens is 1. The van der Waals surface area contributed by atoms with Crippen LogP contribution in [0.1, 0.15) is 23.2 Å². The number of nitrogens with one attached hydrogen (secondary N) is 1. The molecule has 0 fully saturated rings. The van der Waals surface area contributed by atoms with Gasteiger partial charge in [0.15, 0.2) is 0 Å². The third-order valence-electron chi connectivity index (χ3n) is 2.28. The molecule has 1 atom stereocenters. The SMILES string of the molecule is Cc1cccc(C(NN)c2occc2Br)n1. The molecule has 0 aromatic carbocycles. The number of rotatable bonds is 3. The van der Waals surface area contributed by atoms with E-state index in [2.05, 4.69) is 26.3 Å². The molecular weight excluding hydrogens is 270 g/mol. The Kier molecular flexibility index (Phi) is 3.38. The van der Waals surface area contributed by atoms with Gasteiger partial charge in [-0.25, -0.2) is 5.43 Å². The summed E-state index contributed by atoms with van der Waals surface area (Å²) >= 11 is 3.41. The van der Waals surface area contributed by atoms with Crippen LogP contribution in [0.15, 0.2) is 39.4 Å². The van der Waals surface area contributed by atoms with Gasteiger partial charge in [0.25, 0.3) is 0 Å². The number of pyridine rings is 1. The van der Waals surface area contributed by atoms with E-state index in [-0.39, 0.29) is 6.04 Å². The fourth-order valence-electron chi connectivity index (χ4n) is 1.53. The van der Waals surface area contributed by atoms with Gasteiger partial charge in [0.05, 0.1) is 16.4 Å². The first kappa shape index (κ1) is 11.3. The van der Waals surface area contributed by atoms with Crippen molar-refractivity contribution >= 4 is 15.9 Å². The largest absolute Gasteiger partial charge is 0.466 e. The normalized spacial score (nSPS) is 12.7. The Bertz CT molecular complexity index is 484. The fraction of sp³-hybridized carbons (Fsp3) is 0.182. The van der Waals surface area contributed by atoms with Gasteiger partial charge in [-0.2, -0.15) is 0 Å². The van der Waals surface area contributed by atoms with E-state index in [4.69, 9.17) is 10.3 Å². The van der Waals surface area contributed by atoms with E-state index in [1.807, 2.05) is 31.2 Å². The lowest BCUT2D eigenvalue weighted by molar-refractivity contribution is 0.444. The Morgan fingerprint density at radius 1 is 1.44 bits per heavy atom. The molecule has 0 radical (unpaired) electrons. The van der Waals surface area contributed by atoms with Gasteiger partial charge < -0.3 is 4.42 Å². The Labute approximate surface area is 102 Å². The van der Waals surface area contributed by atoms with E-state index in [1.165, 1.54) is 0 Å². The second-order valence-corrected chi connectivity index (χ2v) is 4.29. The number of nitrogens with two attached hydrogens (primary N) is 1. The van der Waals surface area contributed by atoms with Crippen LogP contribution < -0.4 is 11.3 Å². The number of hydrazine groups is 1. The van der Waals surface area contributed by atoms with Crippen LogP contribution in [-0.4, -0.2) is 4.98 Å². The highest BCUT2D eigenvalue weighted by Crippen LogP contribution is 2.27. The van der Waals surface area contributed by atoms with Crippen molar-refractivity contribution in [2.24, 2.45) is 5.84 Å². The van der Waals surface area contributed by atoms with Crippen LogP contribution in [0.2, 0.25) is 0 Å². The summed E-state index contributed by atoms with van der Waals surface area (Å²) in [5.74, 6) is 6.27. The van der Waals surface area contributed by atoms with Crippen LogP contribution in [0.4, 0.5) is 0 Å². The van der Waals surface area contributed by atoms with Gasteiger partial charge >= 0.3 is 0 Å². The first-order chi connectivity index (χ1) is 7.72. The molecule has 0 saturated carbocycles. The molecule has 0 spiro atoms. The maximum Gasteiger partial charge on any atom is 0.142 e. The molecule has 16 heavy (non-hydrogen) atoms. The van der Waals surface area contributed by atoms with Crippen molar-refractivity contribution in [3.63, 3.8) is 0 Å². The number of hydrogen-bond acceptors (Lipinski definition) is 4. The zero-order chi connectivity index (χ0) is 11.5.